The fourth-order valence-electron chi connectivity index (χ4n) is 1.86. The molecule has 1 N–H and O–H groups in total. The summed E-state index contributed by atoms with van der Waals surface area (Å²) in [4.78, 5) is 1.40. The summed E-state index contributed by atoms with van der Waals surface area (Å²) in [5, 5.41) is 11.5. The van der Waals surface area contributed by atoms with Crippen LogP contribution in [0.5, 0.6) is 0 Å². The molecule has 0 aliphatic carbocycles. The first-order chi connectivity index (χ1) is 7.90. The largest absolute Gasteiger partial charge is 0.396 e. The van der Waals surface area contributed by atoms with Gasteiger partial charge in [0.1, 0.15) is 0 Å². The van der Waals surface area contributed by atoms with Crippen LogP contribution < -0.4 is 0 Å². The summed E-state index contributed by atoms with van der Waals surface area (Å²) < 4.78 is 0. The molecule has 1 aromatic carbocycles. The summed E-state index contributed by atoms with van der Waals surface area (Å²) in [6, 6.07) is 14.5. The average molecular weight is 232 g/mol. The van der Waals surface area contributed by atoms with Crippen molar-refractivity contribution in [3.05, 3.63) is 58.3 Å². The number of thiophene rings is 1. The molecule has 0 bridgehead atoms. The Kier molecular flexibility index (Phi) is 4.14. The Morgan fingerprint density at radius 2 is 1.88 bits per heavy atom. The Bertz CT molecular complexity index is 394. The molecule has 1 unspecified atom stereocenters. The van der Waals surface area contributed by atoms with Crippen molar-refractivity contribution in [2.45, 2.75) is 18.8 Å². The van der Waals surface area contributed by atoms with Crippen LogP contribution in [0.15, 0.2) is 47.8 Å². The summed E-state index contributed by atoms with van der Waals surface area (Å²) >= 11 is 1.79. The molecule has 16 heavy (non-hydrogen) atoms. The molecule has 2 aromatic rings. The number of rotatable bonds is 5. The van der Waals surface area contributed by atoms with Gasteiger partial charge in [-0.25, -0.2) is 0 Å². The third-order valence-electron chi connectivity index (χ3n) is 2.81. The second-order valence-electron chi connectivity index (χ2n) is 3.91. The average Bonchev–Trinajstić information content (AvgIpc) is 2.84. The maximum Gasteiger partial charge on any atom is 0.0499 e. The minimum atomic E-state index is 0.232. The third-order valence-corrected chi connectivity index (χ3v) is 3.75. The van der Waals surface area contributed by atoms with Crippen molar-refractivity contribution in [2.24, 2.45) is 0 Å². The zero-order chi connectivity index (χ0) is 11.2. The van der Waals surface area contributed by atoms with Gasteiger partial charge in [-0.05, 0) is 29.9 Å². The van der Waals surface area contributed by atoms with Gasteiger partial charge in [0.05, 0.1) is 0 Å². The van der Waals surface area contributed by atoms with Gasteiger partial charge in [0, 0.05) is 17.4 Å². The first kappa shape index (κ1) is 11.4. The Morgan fingerprint density at radius 1 is 1.06 bits per heavy atom. The fraction of sp³-hybridized carbons (Fsp3) is 0.286. The van der Waals surface area contributed by atoms with E-state index in [1.807, 2.05) is 18.2 Å². The second-order valence-corrected chi connectivity index (χ2v) is 4.94. The Labute approximate surface area is 100 Å². The molecule has 0 saturated carbocycles. The highest BCUT2D eigenvalue weighted by molar-refractivity contribution is 7.09. The van der Waals surface area contributed by atoms with E-state index in [-0.39, 0.29) is 12.5 Å². The molecule has 0 aliphatic rings. The summed E-state index contributed by atoms with van der Waals surface area (Å²) in [6.45, 7) is 0.232. The van der Waals surface area contributed by atoms with Crippen molar-refractivity contribution in [2.75, 3.05) is 6.61 Å². The maximum atomic E-state index is 9.41. The molecule has 1 nitrogen and oxygen atoms in total. The van der Waals surface area contributed by atoms with Crippen LogP contribution in [-0.4, -0.2) is 11.7 Å². The van der Waals surface area contributed by atoms with Crippen molar-refractivity contribution in [1.82, 2.24) is 0 Å². The zero-order valence-electron chi connectivity index (χ0n) is 9.17. The number of hydrogen-bond donors (Lipinski definition) is 1. The third kappa shape index (κ3) is 2.94. The molecule has 1 atom stereocenters. The normalized spacial score (nSPS) is 12.6. The summed E-state index contributed by atoms with van der Waals surface area (Å²) in [6.07, 6.45) is 2.07. The lowest BCUT2D eigenvalue weighted by atomic mass is 9.95. The molecule has 2 heteroatoms. The van der Waals surface area contributed by atoms with Gasteiger partial charge >= 0.3 is 0 Å². The van der Waals surface area contributed by atoms with E-state index in [0.717, 1.165) is 12.8 Å². The highest BCUT2D eigenvalue weighted by atomic mass is 32.1. The number of aliphatic hydroxyl groups is 1. The molecule has 0 saturated heterocycles. The van der Waals surface area contributed by atoms with Crippen LogP contribution in [0, 0.1) is 0 Å². The van der Waals surface area contributed by atoms with Gasteiger partial charge in [-0.3, -0.25) is 0 Å². The molecule has 0 aliphatic heterocycles. The summed E-state index contributed by atoms with van der Waals surface area (Å²) in [5.41, 5.74) is 1.24. The van der Waals surface area contributed by atoms with Gasteiger partial charge in [0.2, 0.25) is 0 Å². The van der Waals surface area contributed by atoms with Gasteiger partial charge in [0.25, 0.3) is 0 Å². The number of aliphatic hydroxyl groups excluding tert-OH is 1. The van der Waals surface area contributed by atoms with Crippen molar-refractivity contribution in [3.8, 4) is 0 Å². The monoisotopic (exact) mass is 232 g/mol. The standard InChI is InChI=1S/C14H16OS/c15-11-13(12-5-2-1-3-6-12)8-9-14-7-4-10-16-14/h1-7,10,13,15H,8-9,11H2. The van der Waals surface area contributed by atoms with Gasteiger partial charge < -0.3 is 5.11 Å². The number of hydrogen-bond acceptors (Lipinski definition) is 2. The van der Waals surface area contributed by atoms with E-state index in [2.05, 4.69) is 29.6 Å². The number of benzene rings is 1. The highest BCUT2D eigenvalue weighted by Crippen LogP contribution is 2.22. The van der Waals surface area contributed by atoms with Crippen molar-refractivity contribution < 1.29 is 5.11 Å². The lowest BCUT2D eigenvalue weighted by molar-refractivity contribution is 0.259. The van der Waals surface area contributed by atoms with Crippen molar-refractivity contribution >= 4 is 11.3 Å². The topological polar surface area (TPSA) is 20.2 Å². The minimum Gasteiger partial charge on any atom is -0.396 e. The molecule has 84 valence electrons. The molecule has 1 aromatic heterocycles. The molecule has 0 spiro atoms. The van der Waals surface area contributed by atoms with E-state index in [0.29, 0.717) is 0 Å². The van der Waals surface area contributed by atoms with E-state index < -0.39 is 0 Å². The van der Waals surface area contributed by atoms with Crippen molar-refractivity contribution in [3.63, 3.8) is 0 Å². The quantitative estimate of drug-likeness (QED) is 0.837. The fourth-order valence-corrected chi connectivity index (χ4v) is 2.58. The van der Waals surface area contributed by atoms with Gasteiger partial charge in [0.15, 0.2) is 0 Å². The van der Waals surface area contributed by atoms with Crippen LogP contribution in [0.4, 0.5) is 0 Å². The van der Waals surface area contributed by atoms with Crippen LogP contribution in [0.1, 0.15) is 22.8 Å². The van der Waals surface area contributed by atoms with Crippen molar-refractivity contribution in [1.29, 1.82) is 0 Å². The Balaban J connectivity index is 1.96. The van der Waals surface area contributed by atoms with Gasteiger partial charge in [-0.1, -0.05) is 36.4 Å². The molecule has 0 fully saturated rings. The van der Waals surface area contributed by atoms with E-state index >= 15 is 0 Å². The summed E-state index contributed by atoms with van der Waals surface area (Å²) in [5.74, 6) is 0.267. The first-order valence-electron chi connectivity index (χ1n) is 5.58. The van der Waals surface area contributed by atoms with Crippen LogP contribution in [-0.2, 0) is 6.42 Å². The minimum absolute atomic E-state index is 0.232. The molecule has 2 rings (SSSR count). The van der Waals surface area contributed by atoms with Crippen LogP contribution in [0.2, 0.25) is 0 Å². The van der Waals surface area contributed by atoms with E-state index in [1.54, 1.807) is 11.3 Å². The van der Waals surface area contributed by atoms with E-state index in [4.69, 9.17) is 0 Å². The second kappa shape index (κ2) is 5.83. The van der Waals surface area contributed by atoms with Crippen LogP contribution >= 0.6 is 11.3 Å². The lowest BCUT2D eigenvalue weighted by Crippen LogP contribution is -2.05. The molecule has 1 heterocycles. The van der Waals surface area contributed by atoms with E-state index in [9.17, 15) is 5.11 Å². The smallest absolute Gasteiger partial charge is 0.0499 e. The summed E-state index contributed by atoms with van der Waals surface area (Å²) in [7, 11) is 0. The molecular formula is C14H16OS. The van der Waals surface area contributed by atoms with Gasteiger partial charge in [-0.15, -0.1) is 11.3 Å². The van der Waals surface area contributed by atoms with Gasteiger partial charge in [-0.2, -0.15) is 0 Å². The maximum absolute atomic E-state index is 9.41. The number of aryl methyl sites for hydroxylation is 1. The van der Waals surface area contributed by atoms with E-state index in [1.165, 1.54) is 10.4 Å². The highest BCUT2D eigenvalue weighted by Gasteiger charge is 2.10. The Hall–Kier alpha value is -1.12. The molecular weight excluding hydrogens is 216 g/mol. The van der Waals surface area contributed by atoms with Crippen LogP contribution in [0.3, 0.4) is 0 Å². The Morgan fingerprint density at radius 3 is 2.50 bits per heavy atom. The SMILES string of the molecule is OCC(CCc1cccs1)c1ccccc1. The predicted octanol–water partition coefficient (Wildman–Crippen LogP) is 3.46. The predicted molar refractivity (Wildman–Crippen MR) is 68.9 cm³/mol. The first-order valence-corrected chi connectivity index (χ1v) is 6.46. The molecule has 0 amide bonds. The molecule has 0 radical (unpaired) electrons. The zero-order valence-corrected chi connectivity index (χ0v) is 9.99. The van der Waals surface area contributed by atoms with Crippen LogP contribution in [0.25, 0.3) is 0 Å². The lowest BCUT2D eigenvalue weighted by Gasteiger charge is -2.13.